The van der Waals surface area contributed by atoms with E-state index in [9.17, 15) is 0 Å². The average molecular weight is 200 g/mol. The third-order valence-electron chi connectivity index (χ3n) is 3.00. The van der Waals surface area contributed by atoms with Crippen molar-refractivity contribution in [2.45, 2.75) is 38.6 Å². The summed E-state index contributed by atoms with van der Waals surface area (Å²) < 4.78 is 0. The fourth-order valence-electron chi connectivity index (χ4n) is 2.02. The van der Waals surface area contributed by atoms with Crippen molar-refractivity contribution in [2.75, 3.05) is 13.6 Å². The van der Waals surface area contributed by atoms with Gasteiger partial charge >= 0.3 is 0 Å². The van der Waals surface area contributed by atoms with E-state index >= 15 is 0 Å². The van der Waals surface area contributed by atoms with Gasteiger partial charge in [0.25, 0.3) is 0 Å². The summed E-state index contributed by atoms with van der Waals surface area (Å²) in [6.07, 6.45) is 5.47. The molecule has 0 radical (unpaired) electrons. The van der Waals surface area contributed by atoms with Crippen LogP contribution in [0.4, 0.5) is 0 Å². The van der Waals surface area contributed by atoms with Crippen molar-refractivity contribution >= 4 is 17.2 Å². The van der Waals surface area contributed by atoms with E-state index in [0.29, 0.717) is 10.9 Å². The lowest BCUT2D eigenvalue weighted by atomic mass is 10.1. The van der Waals surface area contributed by atoms with Crippen molar-refractivity contribution in [1.29, 1.82) is 0 Å². The van der Waals surface area contributed by atoms with E-state index in [-0.39, 0.29) is 0 Å². The second kappa shape index (κ2) is 4.91. The first-order chi connectivity index (χ1) is 6.11. The molecule has 1 fully saturated rings. The SMILES string of the molecule is CC(CN(C)C1CCCC1)C(N)=S. The second-order valence-corrected chi connectivity index (χ2v) is 4.65. The zero-order chi connectivity index (χ0) is 9.84. The van der Waals surface area contributed by atoms with Crippen LogP contribution < -0.4 is 5.73 Å². The summed E-state index contributed by atoms with van der Waals surface area (Å²) in [5, 5.41) is 0. The molecule has 0 aromatic carbocycles. The van der Waals surface area contributed by atoms with Crippen LogP contribution in [-0.2, 0) is 0 Å². The van der Waals surface area contributed by atoms with Crippen molar-refractivity contribution in [2.24, 2.45) is 11.7 Å². The third-order valence-corrected chi connectivity index (χ3v) is 3.40. The molecule has 1 atom stereocenters. The molecule has 1 unspecified atom stereocenters. The van der Waals surface area contributed by atoms with Crippen LogP contribution in [0.3, 0.4) is 0 Å². The number of hydrogen-bond donors (Lipinski definition) is 1. The van der Waals surface area contributed by atoms with Crippen LogP contribution in [0.25, 0.3) is 0 Å². The summed E-state index contributed by atoms with van der Waals surface area (Å²) in [5.74, 6) is 0.348. The summed E-state index contributed by atoms with van der Waals surface area (Å²) in [4.78, 5) is 3.06. The molecular weight excluding hydrogens is 180 g/mol. The Labute approximate surface area is 86.5 Å². The molecule has 1 aliphatic carbocycles. The molecule has 0 bridgehead atoms. The molecule has 13 heavy (non-hydrogen) atoms. The minimum Gasteiger partial charge on any atom is -0.393 e. The van der Waals surface area contributed by atoms with E-state index < -0.39 is 0 Å². The molecule has 0 aromatic heterocycles. The Balaban J connectivity index is 2.30. The Morgan fingerprint density at radius 1 is 1.54 bits per heavy atom. The molecule has 1 saturated carbocycles. The smallest absolute Gasteiger partial charge is 0.0768 e. The van der Waals surface area contributed by atoms with Crippen LogP contribution in [0.15, 0.2) is 0 Å². The van der Waals surface area contributed by atoms with Gasteiger partial charge in [-0.2, -0.15) is 0 Å². The fourth-order valence-corrected chi connectivity index (χ4v) is 2.09. The normalized spacial score (nSPS) is 20.8. The van der Waals surface area contributed by atoms with E-state index in [1.807, 2.05) is 0 Å². The summed E-state index contributed by atoms with van der Waals surface area (Å²) in [5.41, 5.74) is 5.59. The van der Waals surface area contributed by atoms with Gasteiger partial charge in [0.2, 0.25) is 0 Å². The lowest BCUT2D eigenvalue weighted by molar-refractivity contribution is 0.233. The zero-order valence-electron chi connectivity index (χ0n) is 8.62. The highest BCUT2D eigenvalue weighted by molar-refractivity contribution is 7.80. The molecule has 1 rings (SSSR count). The van der Waals surface area contributed by atoms with Crippen LogP contribution in [0.5, 0.6) is 0 Å². The fraction of sp³-hybridized carbons (Fsp3) is 0.900. The summed E-state index contributed by atoms with van der Waals surface area (Å²) >= 11 is 4.96. The van der Waals surface area contributed by atoms with E-state index in [0.717, 1.165) is 12.6 Å². The molecule has 1 aliphatic rings. The topological polar surface area (TPSA) is 29.3 Å². The number of nitrogens with two attached hydrogens (primary N) is 1. The van der Waals surface area contributed by atoms with Crippen LogP contribution in [0.1, 0.15) is 32.6 Å². The second-order valence-electron chi connectivity index (χ2n) is 4.18. The Hall–Kier alpha value is -0.150. The molecule has 0 amide bonds. The van der Waals surface area contributed by atoms with Crippen molar-refractivity contribution in [3.63, 3.8) is 0 Å². The minimum atomic E-state index is 0.348. The zero-order valence-corrected chi connectivity index (χ0v) is 9.44. The van der Waals surface area contributed by atoms with Gasteiger partial charge in [-0.25, -0.2) is 0 Å². The van der Waals surface area contributed by atoms with Gasteiger partial charge in [-0.05, 0) is 19.9 Å². The van der Waals surface area contributed by atoms with Crippen molar-refractivity contribution in [3.05, 3.63) is 0 Å². The van der Waals surface area contributed by atoms with Crippen LogP contribution >= 0.6 is 12.2 Å². The summed E-state index contributed by atoms with van der Waals surface area (Å²) in [7, 11) is 2.19. The molecule has 0 spiro atoms. The summed E-state index contributed by atoms with van der Waals surface area (Å²) in [6.45, 7) is 3.12. The van der Waals surface area contributed by atoms with Crippen LogP contribution in [-0.4, -0.2) is 29.5 Å². The van der Waals surface area contributed by atoms with Gasteiger partial charge in [-0.1, -0.05) is 32.0 Å². The number of thiocarbonyl (C=S) groups is 1. The monoisotopic (exact) mass is 200 g/mol. The van der Waals surface area contributed by atoms with E-state index in [2.05, 4.69) is 18.9 Å². The molecule has 0 aromatic rings. The van der Waals surface area contributed by atoms with E-state index in [1.54, 1.807) is 0 Å². The van der Waals surface area contributed by atoms with E-state index in [4.69, 9.17) is 18.0 Å². The first-order valence-electron chi connectivity index (χ1n) is 5.11. The average Bonchev–Trinajstić information content (AvgIpc) is 2.55. The van der Waals surface area contributed by atoms with Gasteiger partial charge < -0.3 is 10.6 Å². The van der Waals surface area contributed by atoms with Crippen molar-refractivity contribution in [3.8, 4) is 0 Å². The quantitative estimate of drug-likeness (QED) is 0.702. The highest BCUT2D eigenvalue weighted by atomic mass is 32.1. The standard InChI is InChI=1S/C10H20N2S/c1-8(10(11)13)7-12(2)9-5-3-4-6-9/h8-9H,3-7H2,1-2H3,(H2,11,13). The predicted molar refractivity (Wildman–Crippen MR) is 60.8 cm³/mol. The van der Waals surface area contributed by atoms with Crippen molar-refractivity contribution < 1.29 is 0 Å². The largest absolute Gasteiger partial charge is 0.393 e. The maximum Gasteiger partial charge on any atom is 0.0768 e. The van der Waals surface area contributed by atoms with E-state index in [1.165, 1.54) is 25.7 Å². The lowest BCUT2D eigenvalue weighted by Crippen LogP contribution is -2.36. The third kappa shape index (κ3) is 3.24. The van der Waals surface area contributed by atoms with Gasteiger partial charge in [0, 0.05) is 18.5 Å². The first kappa shape index (κ1) is 10.9. The predicted octanol–water partition coefficient (Wildman–Crippen LogP) is 1.78. The minimum absolute atomic E-state index is 0.348. The number of hydrogen-bond acceptors (Lipinski definition) is 2. The molecule has 2 N–H and O–H groups in total. The molecule has 0 aliphatic heterocycles. The number of rotatable bonds is 4. The number of nitrogens with zero attached hydrogens (tertiary/aromatic N) is 1. The Bertz CT molecular complexity index is 176. The highest BCUT2D eigenvalue weighted by Crippen LogP contribution is 2.22. The van der Waals surface area contributed by atoms with Crippen LogP contribution in [0, 0.1) is 5.92 Å². The highest BCUT2D eigenvalue weighted by Gasteiger charge is 2.21. The Morgan fingerprint density at radius 2 is 2.08 bits per heavy atom. The van der Waals surface area contributed by atoms with Crippen LogP contribution in [0.2, 0.25) is 0 Å². The van der Waals surface area contributed by atoms with Gasteiger partial charge in [-0.3, -0.25) is 0 Å². The van der Waals surface area contributed by atoms with Gasteiger partial charge in [0.05, 0.1) is 4.99 Å². The Kier molecular flexibility index (Phi) is 4.13. The van der Waals surface area contributed by atoms with Gasteiger partial charge in [0.1, 0.15) is 0 Å². The molecule has 0 heterocycles. The first-order valence-corrected chi connectivity index (χ1v) is 5.51. The molecule has 0 saturated heterocycles. The maximum absolute atomic E-state index is 5.59. The maximum atomic E-state index is 5.59. The van der Waals surface area contributed by atoms with Gasteiger partial charge in [0.15, 0.2) is 0 Å². The molecule has 3 heteroatoms. The molecular formula is C10H20N2S. The Morgan fingerprint density at radius 3 is 2.54 bits per heavy atom. The molecule has 2 nitrogen and oxygen atoms in total. The molecule has 76 valence electrons. The lowest BCUT2D eigenvalue weighted by Gasteiger charge is -2.26. The summed E-state index contributed by atoms with van der Waals surface area (Å²) in [6, 6.07) is 0.775. The van der Waals surface area contributed by atoms with Crippen molar-refractivity contribution in [1.82, 2.24) is 4.90 Å². The van der Waals surface area contributed by atoms with Gasteiger partial charge in [-0.15, -0.1) is 0 Å².